The summed E-state index contributed by atoms with van der Waals surface area (Å²) in [5, 5.41) is 23.3. The zero-order chi connectivity index (χ0) is 21.8. The van der Waals surface area contributed by atoms with Gasteiger partial charge in [-0.2, -0.15) is 0 Å². The molecule has 160 valence electrons. The first kappa shape index (κ1) is 21.0. The van der Waals surface area contributed by atoms with E-state index in [-0.39, 0.29) is 24.1 Å². The van der Waals surface area contributed by atoms with Gasteiger partial charge in [-0.1, -0.05) is 48.0 Å². The Balaban J connectivity index is 1.58. The number of hydrogen-bond acceptors (Lipinski definition) is 6. The third-order valence-electron chi connectivity index (χ3n) is 5.37. The second-order valence-corrected chi connectivity index (χ2v) is 8.57. The molecule has 1 N–H and O–H groups in total. The molecule has 1 aliphatic carbocycles. The predicted octanol–water partition coefficient (Wildman–Crippen LogP) is 4.19. The number of aromatic nitrogens is 3. The van der Waals surface area contributed by atoms with Crippen LogP contribution in [-0.4, -0.2) is 25.6 Å². The van der Waals surface area contributed by atoms with Crippen LogP contribution in [0.4, 0.5) is 5.69 Å². The highest BCUT2D eigenvalue weighted by Crippen LogP contribution is 2.28. The van der Waals surface area contributed by atoms with Crippen molar-refractivity contribution >= 4 is 23.4 Å². The number of aryl methyl sites for hydroxylation is 1. The molecule has 1 heterocycles. The molecule has 3 aromatic rings. The number of rotatable bonds is 8. The number of hydrogen-bond donors (Lipinski definition) is 1. The number of carbonyl (C=O) groups excluding carboxylic acids is 1. The summed E-state index contributed by atoms with van der Waals surface area (Å²) in [7, 11) is 0. The molecule has 2 aromatic carbocycles. The van der Waals surface area contributed by atoms with Crippen LogP contribution >= 0.6 is 11.8 Å². The van der Waals surface area contributed by atoms with Gasteiger partial charge in [0.05, 0.1) is 11.5 Å². The molecular weight excluding hydrogens is 414 g/mol. The van der Waals surface area contributed by atoms with E-state index in [9.17, 15) is 14.9 Å². The Bertz CT molecular complexity index is 1090. The van der Waals surface area contributed by atoms with E-state index in [1.807, 2.05) is 10.6 Å². The van der Waals surface area contributed by atoms with Crippen molar-refractivity contribution in [1.29, 1.82) is 0 Å². The molecule has 0 atom stereocenters. The Kier molecular flexibility index (Phi) is 6.31. The lowest BCUT2D eigenvalue weighted by Gasteiger charge is -2.23. The molecule has 0 aliphatic heterocycles. The summed E-state index contributed by atoms with van der Waals surface area (Å²) in [5.41, 5.74) is 3.10. The first-order valence-electron chi connectivity index (χ1n) is 10.2. The fourth-order valence-corrected chi connectivity index (χ4v) is 4.34. The number of nitrogens with zero attached hydrogens (tertiary/aromatic N) is 4. The third kappa shape index (κ3) is 4.93. The van der Waals surface area contributed by atoms with Crippen LogP contribution in [0.5, 0.6) is 0 Å². The molecule has 31 heavy (non-hydrogen) atoms. The SMILES string of the molecule is Cc1cccc(CSc2nnc(CNC(=O)C3CCC3)n2-c2ccc([N+](=O)[O-])cc2)c1. The monoisotopic (exact) mass is 437 g/mol. The number of nitro groups is 1. The zero-order valence-corrected chi connectivity index (χ0v) is 18.0. The van der Waals surface area contributed by atoms with E-state index in [2.05, 4.69) is 40.6 Å². The number of thioether (sulfide) groups is 1. The lowest BCUT2D eigenvalue weighted by Crippen LogP contribution is -2.34. The topological polar surface area (TPSA) is 103 Å². The molecule has 4 rings (SSSR count). The first-order valence-corrected chi connectivity index (χ1v) is 11.1. The van der Waals surface area contributed by atoms with Gasteiger partial charge in [0.15, 0.2) is 11.0 Å². The van der Waals surface area contributed by atoms with E-state index in [0.29, 0.717) is 16.7 Å². The van der Waals surface area contributed by atoms with Crippen molar-refractivity contribution in [1.82, 2.24) is 20.1 Å². The van der Waals surface area contributed by atoms with Gasteiger partial charge in [0.2, 0.25) is 5.91 Å². The lowest BCUT2D eigenvalue weighted by molar-refractivity contribution is -0.384. The summed E-state index contributed by atoms with van der Waals surface area (Å²) in [6.45, 7) is 2.31. The van der Waals surface area contributed by atoms with Gasteiger partial charge >= 0.3 is 0 Å². The zero-order valence-electron chi connectivity index (χ0n) is 17.2. The van der Waals surface area contributed by atoms with Crippen LogP contribution in [0.2, 0.25) is 0 Å². The molecule has 1 amide bonds. The summed E-state index contributed by atoms with van der Waals surface area (Å²) in [6.07, 6.45) is 2.95. The normalized spacial score (nSPS) is 13.6. The average molecular weight is 438 g/mol. The molecule has 9 heteroatoms. The minimum atomic E-state index is -0.427. The summed E-state index contributed by atoms with van der Waals surface area (Å²) < 4.78 is 1.85. The number of benzene rings is 2. The van der Waals surface area contributed by atoms with Gasteiger partial charge in [-0.05, 0) is 37.5 Å². The minimum Gasteiger partial charge on any atom is -0.349 e. The molecular formula is C22H23N5O3S. The van der Waals surface area contributed by atoms with E-state index in [0.717, 1.165) is 24.9 Å². The Hall–Kier alpha value is -3.20. The van der Waals surface area contributed by atoms with Crippen molar-refractivity contribution in [2.24, 2.45) is 5.92 Å². The van der Waals surface area contributed by atoms with Crippen molar-refractivity contribution in [2.45, 2.75) is 43.6 Å². The van der Waals surface area contributed by atoms with Crippen LogP contribution in [0, 0.1) is 23.0 Å². The molecule has 0 saturated heterocycles. The summed E-state index contributed by atoms with van der Waals surface area (Å²) in [6, 6.07) is 14.5. The van der Waals surface area contributed by atoms with Crippen molar-refractivity contribution in [3.63, 3.8) is 0 Å². The number of nitro benzene ring substituents is 1. The number of carbonyl (C=O) groups is 1. The maximum Gasteiger partial charge on any atom is 0.269 e. The van der Waals surface area contributed by atoms with Gasteiger partial charge in [-0.15, -0.1) is 10.2 Å². The highest BCUT2D eigenvalue weighted by atomic mass is 32.2. The second kappa shape index (κ2) is 9.30. The Labute approximate surface area is 184 Å². The van der Waals surface area contributed by atoms with Gasteiger partial charge in [-0.25, -0.2) is 0 Å². The highest BCUT2D eigenvalue weighted by molar-refractivity contribution is 7.98. The van der Waals surface area contributed by atoms with Gasteiger partial charge in [0, 0.05) is 29.5 Å². The van der Waals surface area contributed by atoms with E-state index in [1.165, 1.54) is 35.0 Å². The van der Waals surface area contributed by atoms with Gasteiger partial charge in [-0.3, -0.25) is 19.5 Å². The van der Waals surface area contributed by atoms with E-state index in [4.69, 9.17) is 0 Å². The van der Waals surface area contributed by atoms with Crippen LogP contribution in [0.3, 0.4) is 0 Å². The third-order valence-corrected chi connectivity index (χ3v) is 6.37. The van der Waals surface area contributed by atoms with Gasteiger partial charge in [0.1, 0.15) is 0 Å². The fraction of sp³-hybridized carbons (Fsp3) is 0.318. The average Bonchev–Trinajstić information content (AvgIpc) is 3.12. The number of non-ortho nitro benzene ring substituents is 1. The fourth-order valence-electron chi connectivity index (χ4n) is 3.42. The van der Waals surface area contributed by atoms with E-state index in [1.54, 1.807) is 12.1 Å². The Morgan fingerprint density at radius 2 is 2.00 bits per heavy atom. The highest BCUT2D eigenvalue weighted by Gasteiger charge is 2.25. The summed E-state index contributed by atoms with van der Waals surface area (Å²) in [5.74, 6) is 1.43. The van der Waals surface area contributed by atoms with Gasteiger partial charge < -0.3 is 5.32 Å². The van der Waals surface area contributed by atoms with Crippen molar-refractivity contribution in [2.75, 3.05) is 0 Å². The minimum absolute atomic E-state index is 0.0191. The van der Waals surface area contributed by atoms with Crippen LogP contribution in [-0.2, 0) is 17.1 Å². The van der Waals surface area contributed by atoms with Crippen LogP contribution < -0.4 is 5.32 Å². The molecule has 1 fully saturated rings. The number of amides is 1. The summed E-state index contributed by atoms with van der Waals surface area (Å²) >= 11 is 1.53. The van der Waals surface area contributed by atoms with Crippen LogP contribution in [0.1, 0.15) is 36.2 Å². The van der Waals surface area contributed by atoms with Crippen LogP contribution in [0.25, 0.3) is 5.69 Å². The smallest absolute Gasteiger partial charge is 0.269 e. The van der Waals surface area contributed by atoms with Gasteiger partial charge in [0.25, 0.3) is 5.69 Å². The molecule has 0 spiro atoms. The molecule has 0 bridgehead atoms. The predicted molar refractivity (Wildman–Crippen MR) is 118 cm³/mol. The summed E-state index contributed by atoms with van der Waals surface area (Å²) in [4.78, 5) is 22.9. The maximum absolute atomic E-state index is 12.3. The van der Waals surface area contributed by atoms with E-state index < -0.39 is 4.92 Å². The Morgan fingerprint density at radius 1 is 1.23 bits per heavy atom. The molecule has 1 saturated carbocycles. The Morgan fingerprint density at radius 3 is 2.65 bits per heavy atom. The number of nitrogens with one attached hydrogen (secondary N) is 1. The van der Waals surface area contributed by atoms with Crippen molar-refractivity contribution in [3.05, 3.63) is 75.6 Å². The first-order chi connectivity index (χ1) is 15.0. The standard InChI is InChI=1S/C22H23N5O3S/c1-15-4-2-5-16(12-15)14-31-22-25-24-20(13-23-21(28)17-6-3-7-17)26(22)18-8-10-19(11-9-18)27(29)30/h2,4-5,8-12,17H,3,6-7,13-14H2,1H3,(H,23,28). The maximum atomic E-state index is 12.3. The van der Waals surface area contributed by atoms with Crippen molar-refractivity contribution in [3.8, 4) is 5.69 Å². The molecule has 1 aromatic heterocycles. The van der Waals surface area contributed by atoms with E-state index >= 15 is 0 Å². The van der Waals surface area contributed by atoms with Crippen LogP contribution in [0.15, 0.2) is 53.7 Å². The molecule has 1 aliphatic rings. The largest absolute Gasteiger partial charge is 0.349 e. The van der Waals surface area contributed by atoms with Crippen molar-refractivity contribution < 1.29 is 9.72 Å². The quantitative estimate of drug-likeness (QED) is 0.322. The molecule has 0 unspecified atom stereocenters. The second-order valence-electron chi connectivity index (χ2n) is 7.63. The molecule has 8 nitrogen and oxygen atoms in total. The molecule has 0 radical (unpaired) electrons. The lowest BCUT2D eigenvalue weighted by atomic mass is 9.85.